The first-order chi connectivity index (χ1) is 11.2. The fourth-order valence-electron chi connectivity index (χ4n) is 2.02. The Kier molecular flexibility index (Phi) is 4.59. The highest BCUT2D eigenvalue weighted by Crippen LogP contribution is 2.16. The van der Waals surface area contributed by atoms with Crippen LogP contribution in [0.5, 0.6) is 5.75 Å². The molecule has 1 N–H and O–H groups in total. The molecule has 0 aliphatic rings. The van der Waals surface area contributed by atoms with Gasteiger partial charge in [0.2, 0.25) is 0 Å². The fraction of sp³-hybridized carbons (Fsp3) is 0.0588. The second kappa shape index (κ2) is 6.98. The van der Waals surface area contributed by atoms with E-state index in [-0.39, 0.29) is 12.5 Å². The smallest absolute Gasteiger partial charge is 0.262 e. The first-order valence-corrected chi connectivity index (χ1v) is 7.37. The molecule has 0 fully saturated rings. The maximum atomic E-state index is 12.0. The van der Waals surface area contributed by atoms with Crippen LogP contribution in [-0.2, 0) is 4.79 Å². The van der Waals surface area contributed by atoms with Crippen molar-refractivity contribution in [3.8, 4) is 11.4 Å². The third kappa shape index (κ3) is 4.11. The molecule has 23 heavy (non-hydrogen) atoms. The molecule has 116 valence electrons. The summed E-state index contributed by atoms with van der Waals surface area (Å²) in [6.07, 6.45) is 3.54. The molecule has 1 amide bonds. The van der Waals surface area contributed by atoms with Crippen molar-refractivity contribution in [2.75, 3.05) is 11.9 Å². The van der Waals surface area contributed by atoms with Crippen LogP contribution in [0.2, 0.25) is 5.02 Å². The van der Waals surface area contributed by atoms with Gasteiger partial charge in [-0.25, -0.2) is 4.68 Å². The average molecular weight is 328 g/mol. The lowest BCUT2D eigenvalue weighted by atomic mass is 10.3. The molecule has 2 aromatic carbocycles. The highest BCUT2D eigenvalue weighted by atomic mass is 35.5. The minimum Gasteiger partial charge on any atom is -0.484 e. The molecule has 5 nitrogen and oxygen atoms in total. The molecule has 1 aromatic heterocycles. The molecule has 0 saturated carbocycles. The number of aromatic nitrogens is 2. The summed E-state index contributed by atoms with van der Waals surface area (Å²) < 4.78 is 7.13. The summed E-state index contributed by atoms with van der Waals surface area (Å²) in [5, 5.41) is 7.58. The first-order valence-electron chi connectivity index (χ1n) is 6.99. The van der Waals surface area contributed by atoms with Crippen molar-refractivity contribution in [2.24, 2.45) is 0 Å². The maximum absolute atomic E-state index is 12.0. The van der Waals surface area contributed by atoms with Crippen LogP contribution in [0, 0.1) is 0 Å². The number of carbonyl (C=O) groups excluding carboxylic acids is 1. The summed E-state index contributed by atoms with van der Waals surface area (Å²) in [5.74, 6) is 0.354. The van der Waals surface area contributed by atoms with Crippen LogP contribution in [0.3, 0.4) is 0 Å². The van der Waals surface area contributed by atoms with Crippen molar-refractivity contribution in [3.05, 3.63) is 72.0 Å². The lowest BCUT2D eigenvalue weighted by molar-refractivity contribution is -0.118. The minimum absolute atomic E-state index is 0.0758. The summed E-state index contributed by atoms with van der Waals surface area (Å²) in [6, 6.07) is 16.1. The van der Waals surface area contributed by atoms with E-state index in [9.17, 15) is 4.79 Å². The number of carbonyl (C=O) groups is 1. The molecule has 0 spiro atoms. The second-order valence-electron chi connectivity index (χ2n) is 4.79. The molecule has 3 aromatic rings. The molecule has 0 aliphatic carbocycles. The van der Waals surface area contributed by atoms with E-state index in [0.717, 1.165) is 5.69 Å². The van der Waals surface area contributed by atoms with Crippen molar-refractivity contribution in [1.82, 2.24) is 9.78 Å². The zero-order valence-corrected chi connectivity index (χ0v) is 12.9. The predicted octanol–water partition coefficient (Wildman–Crippen LogP) is 3.54. The Bertz CT molecular complexity index is 786. The highest BCUT2D eigenvalue weighted by Gasteiger charge is 2.05. The van der Waals surface area contributed by atoms with Gasteiger partial charge in [-0.3, -0.25) is 4.79 Å². The molecule has 6 heteroatoms. The SMILES string of the molecule is O=C(COc1ccc(Cl)cc1)Nc1cccc(-n2cccn2)c1. The van der Waals surface area contributed by atoms with Gasteiger partial charge in [-0.2, -0.15) is 5.10 Å². The topological polar surface area (TPSA) is 56.1 Å². The van der Waals surface area contributed by atoms with Gasteiger partial charge in [0.05, 0.1) is 5.69 Å². The molecular weight excluding hydrogens is 314 g/mol. The number of rotatable bonds is 5. The Morgan fingerprint density at radius 2 is 2.00 bits per heavy atom. The standard InChI is InChI=1S/C17H14ClN3O2/c18-13-5-7-16(8-6-13)23-12-17(22)20-14-3-1-4-15(11-14)21-10-2-9-19-21/h1-11H,12H2,(H,20,22). The number of nitrogens with one attached hydrogen (secondary N) is 1. The summed E-state index contributed by atoms with van der Waals surface area (Å²) in [7, 11) is 0. The van der Waals surface area contributed by atoms with Crippen molar-refractivity contribution < 1.29 is 9.53 Å². The van der Waals surface area contributed by atoms with Crippen molar-refractivity contribution in [2.45, 2.75) is 0 Å². The van der Waals surface area contributed by atoms with Crippen LogP contribution in [0.4, 0.5) is 5.69 Å². The monoisotopic (exact) mass is 327 g/mol. The van der Waals surface area contributed by atoms with Gasteiger partial charge in [-0.15, -0.1) is 0 Å². The number of hydrogen-bond donors (Lipinski definition) is 1. The van der Waals surface area contributed by atoms with Gasteiger partial charge in [0.15, 0.2) is 6.61 Å². The Morgan fingerprint density at radius 1 is 1.17 bits per heavy atom. The lowest BCUT2D eigenvalue weighted by Gasteiger charge is -2.09. The Labute approximate surface area is 138 Å². The van der Waals surface area contributed by atoms with E-state index in [4.69, 9.17) is 16.3 Å². The lowest BCUT2D eigenvalue weighted by Crippen LogP contribution is -2.20. The largest absolute Gasteiger partial charge is 0.484 e. The minimum atomic E-state index is -0.238. The summed E-state index contributed by atoms with van der Waals surface area (Å²) in [4.78, 5) is 12.0. The third-order valence-electron chi connectivity index (χ3n) is 3.08. The Hall–Kier alpha value is -2.79. The maximum Gasteiger partial charge on any atom is 0.262 e. The molecule has 0 aliphatic heterocycles. The Morgan fingerprint density at radius 3 is 2.74 bits per heavy atom. The molecule has 0 atom stereocenters. The number of amides is 1. The Balaban J connectivity index is 1.59. The number of benzene rings is 2. The average Bonchev–Trinajstić information content (AvgIpc) is 3.09. The number of ether oxygens (including phenoxy) is 1. The van der Waals surface area contributed by atoms with E-state index in [0.29, 0.717) is 16.5 Å². The quantitative estimate of drug-likeness (QED) is 0.779. The first kappa shape index (κ1) is 15.1. The summed E-state index contributed by atoms with van der Waals surface area (Å²) >= 11 is 5.80. The van der Waals surface area contributed by atoms with Gasteiger partial charge in [0.25, 0.3) is 5.91 Å². The van der Waals surface area contributed by atoms with E-state index in [1.165, 1.54) is 0 Å². The molecule has 3 rings (SSSR count). The molecule has 0 bridgehead atoms. The van der Waals surface area contributed by atoms with Crippen LogP contribution in [0.15, 0.2) is 67.0 Å². The van der Waals surface area contributed by atoms with E-state index >= 15 is 0 Å². The molecule has 0 saturated heterocycles. The van der Waals surface area contributed by atoms with Crippen LogP contribution in [-0.4, -0.2) is 22.3 Å². The number of anilines is 1. The zero-order chi connectivity index (χ0) is 16.1. The highest BCUT2D eigenvalue weighted by molar-refractivity contribution is 6.30. The van der Waals surface area contributed by atoms with E-state index in [1.54, 1.807) is 35.1 Å². The van der Waals surface area contributed by atoms with Gasteiger partial charge in [0.1, 0.15) is 5.75 Å². The van der Waals surface area contributed by atoms with Gasteiger partial charge in [-0.05, 0) is 48.5 Å². The van der Waals surface area contributed by atoms with Crippen molar-refractivity contribution in [3.63, 3.8) is 0 Å². The van der Waals surface area contributed by atoms with Crippen molar-refractivity contribution >= 4 is 23.2 Å². The number of nitrogens with zero attached hydrogens (tertiary/aromatic N) is 2. The molecule has 1 heterocycles. The van der Waals surface area contributed by atoms with Crippen LogP contribution < -0.4 is 10.1 Å². The van der Waals surface area contributed by atoms with Gasteiger partial charge in [0, 0.05) is 23.1 Å². The molecule has 0 unspecified atom stereocenters. The van der Waals surface area contributed by atoms with Gasteiger partial charge >= 0.3 is 0 Å². The summed E-state index contributed by atoms with van der Waals surface area (Å²) in [5.41, 5.74) is 1.55. The van der Waals surface area contributed by atoms with E-state index in [1.807, 2.05) is 36.5 Å². The second-order valence-corrected chi connectivity index (χ2v) is 5.23. The van der Waals surface area contributed by atoms with Crippen LogP contribution in [0.1, 0.15) is 0 Å². The van der Waals surface area contributed by atoms with Crippen LogP contribution >= 0.6 is 11.6 Å². The number of hydrogen-bond acceptors (Lipinski definition) is 3. The molecular formula is C17H14ClN3O2. The van der Waals surface area contributed by atoms with E-state index in [2.05, 4.69) is 10.4 Å². The number of halogens is 1. The predicted molar refractivity (Wildman–Crippen MR) is 89.1 cm³/mol. The van der Waals surface area contributed by atoms with Gasteiger partial charge in [-0.1, -0.05) is 17.7 Å². The van der Waals surface area contributed by atoms with E-state index < -0.39 is 0 Å². The zero-order valence-electron chi connectivity index (χ0n) is 12.1. The normalized spacial score (nSPS) is 10.3. The summed E-state index contributed by atoms with van der Waals surface area (Å²) in [6.45, 7) is -0.0758. The van der Waals surface area contributed by atoms with Crippen LogP contribution in [0.25, 0.3) is 5.69 Å². The molecule has 0 radical (unpaired) electrons. The third-order valence-corrected chi connectivity index (χ3v) is 3.33. The van der Waals surface area contributed by atoms with Crippen molar-refractivity contribution in [1.29, 1.82) is 0 Å². The van der Waals surface area contributed by atoms with Gasteiger partial charge < -0.3 is 10.1 Å². The fourth-order valence-corrected chi connectivity index (χ4v) is 2.15.